The van der Waals surface area contributed by atoms with Crippen LogP contribution in [0.2, 0.25) is 5.15 Å². The first-order valence-electron chi connectivity index (χ1n) is 4.81. The van der Waals surface area contributed by atoms with Gasteiger partial charge in [0.05, 0.1) is 5.56 Å². The van der Waals surface area contributed by atoms with Crippen LogP contribution < -0.4 is 5.69 Å². The summed E-state index contributed by atoms with van der Waals surface area (Å²) in [4.78, 5) is 16.4. The fourth-order valence-electron chi connectivity index (χ4n) is 1.53. The van der Waals surface area contributed by atoms with Gasteiger partial charge in [0.25, 0.3) is 0 Å². The number of benzene rings is 1. The Balaban J connectivity index is 2.68. The minimum absolute atomic E-state index is 0.0317. The van der Waals surface area contributed by atoms with Crippen molar-refractivity contribution in [2.75, 3.05) is 0 Å². The third-order valence-electron chi connectivity index (χ3n) is 2.29. The molecule has 0 saturated heterocycles. The van der Waals surface area contributed by atoms with Crippen molar-refractivity contribution in [2.45, 2.75) is 6.18 Å². The summed E-state index contributed by atoms with van der Waals surface area (Å²) in [5.74, 6) is 0. The van der Waals surface area contributed by atoms with Crippen molar-refractivity contribution in [3.05, 3.63) is 51.7 Å². The van der Waals surface area contributed by atoms with Crippen LogP contribution in [0.25, 0.3) is 11.1 Å². The van der Waals surface area contributed by atoms with E-state index in [1.807, 2.05) is 0 Å². The van der Waals surface area contributed by atoms with Gasteiger partial charge in [-0.3, -0.25) is 4.98 Å². The van der Waals surface area contributed by atoms with E-state index in [4.69, 9.17) is 11.6 Å². The predicted molar refractivity (Wildman–Crippen MR) is 60.3 cm³/mol. The molecule has 18 heavy (non-hydrogen) atoms. The maximum Gasteiger partial charge on any atom is 0.417 e. The quantitative estimate of drug-likeness (QED) is 0.812. The van der Waals surface area contributed by atoms with Crippen LogP contribution in [0, 0.1) is 0 Å². The summed E-state index contributed by atoms with van der Waals surface area (Å²) in [6, 6.07) is 4.94. The lowest BCUT2D eigenvalue weighted by Gasteiger charge is -2.12. The number of halogens is 4. The molecule has 0 radical (unpaired) electrons. The van der Waals surface area contributed by atoms with Gasteiger partial charge in [0.2, 0.25) is 0 Å². The molecule has 0 amide bonds. The second-order valence-corrected chi connectivity index (χ2v) is 3.84. The first-order chi connectivity index (χ1) is 8.39. The van der Waals surface area contributed by atoms with E-state index in [0.717, 1.165) is 12.3 Å². The highest BCUT2D eigenvalue weighted by atomic mass is 35.5. The van der Waals surface area contributed by atoms with Crippen molar-refractivity contribution in [1.82, 2.24) is 9.97 Å². The van der Waals surface area contributed by atoms with E-state index in [1.165, 1.54) is 18.2 Å². The van der Waals surface area contributed by atoms with Crippen LogP contribution in [0.5, 0.6) is 0 Å². The van der Waals surface area contributed by atoms with Crippen LogP contribution in [0.4, 0.5) is 13.2 Å². The van der Waals surface area contributed by atoms with Crippen LogP contribution >= 0.6 is 11.6 Å². The molecule has 0 aliphatic heterocycles. The Morgan fingerprint density at radius 3 is 2.44 bits per heavy atom. The van der Waals surface area contributed by atoms with Gasteiger partial charge in [0.1, 0.15) is 5.15 Å². The molecule has 0 spiro atoms. The number of hydrogen-bond donors (Lipinski definition) is 1. The normalized spacial score (nSPS) is 11.6. The van der Waals surface area contributed by atoms with E-state index >= 15 is 0 Å². The summed E-state index contributed by atoms with van der Waals surface area (Å²) in [6.07, 6.45) is -3.48. The number of nitrogens with zero attached hydrogens (tertiary/aromatic N) is 1. The second kappa shape index (κ2) is 4.45. The molecule has 7 heteroatoms. The van der Waals surface area contributed by atoms with Crippen molar-refractivity contribution >= 4 is 11.6 Å². The molecule has 0 aliphatic rings. The molecule has 0 bridgehead atoms. The third-order valence-corrected chi connectivity index (χ3v) is 2.58. The summed E-state index contributed by atoms with van der Waals surface area (Å²) in [7, 11) is 0. The predicted octanol–water partition coefficient (Wildman–Crippen LogP) is 3.11. The van der Waals surface area contributed by atoms with Crippen LogP contribution in [-0.2, 0) is 6.18 Å². The van der Waals surface area contributed by atoms with E-state index in [1.54, 1.807) is 0 Å². The van der Waals surface area contributed by atoms with Crippen molar-refractivity contribution in [3.63, 3.8) is 0 Å². The summed E-state index contributed by atoms with van der Waals surface area (Å²) in [6.45, 7) is 0. The molecule has 2 rings (SSSR count). The standard InChI is InChI=1S/C11H6ClF3N2O/c12-9-7(5-16-10(18)17-9)6-3-1-2-4-8(6)11(13,14)15/h1-5H,(H,16,17,18). The highest BCUT2D eigenvalue weighted by molar-refractivity contribution is 6.32. The molecule has 2 aromatic rings. The van der Waals surface area contributed by atoms with Crippen molar-refractivity contribution in [1.29, 1.82) is 0 Å². The van der Waals surface area contributed by atoms with Crippen molar-refractivity contribution < 1.29 is 13.2 Å². The molecule has 3 nitrogen and oxygen atoms in total. The molecular weight excluding hydrogens is 269 g/mol. The molecular formula is C11H6ClF3N2O. The van der Waals surface area contributed by atoms with Crippen molar-refractivity contribution in [2.24, 2.45) is 0 Å². The first kappa shape index (κ1) is 12.6. The summed E-state index contributed by atoms with van der Waals surface area (Å²) < 4.78 is 38.4. The van der Waals surface area contributed by atoms with Gasteiger partial charge in [-0.2, -0.15) is 13.2 Å². The molecule has 0 unspecified atom stereocenters. The van der Waals surface area contributed by atoms with Gasteiger partial charge in [-0.1, -0.05) is 29.8 Å². The zero-order valence-corrected chi connectivity index (χ0v) is 9.51. The molecule has 94 valence electrons. The Labute approximate surface area is 104 Å². The average Bonchev–Trinajstić information content (AvgIpc) is 2.28. The summed E-state index contributed by atoms with van der Waals surface area (Å²) in [5.41, 5.74) is -1.64. The van der Waals surface area contributed by atoms with E-state index in [9.17, 15) is 18.0 Å². The first-order valence-corrected chi connectivity index (χ1v) is 5.19. The fraction of sp³-hybridized carbons (Fsp3) is 0.0909. The Morgan fingerprint density at radius 2 is 1.83 bits per heavy atom. The minimum atomic E-state index is -4.50. The topological polar surface area (TPSA) is 45.8 Å². The maximum atomic E-state index is 12.8. The lowest BCUT2D eigenvalue weighted by molar-refractivity contribution is -0.137. The van der Waals surface area contributed by atoms with E-state index in [-0.39, 0.29) is 16.3 Å². The Morgan fingerprint density at radius 1 is 1.17 bits per heavy atom. The van der Waals surface area contributed by atoms with Crippen LogP contribution in [-0.4, -0.2) is 9.97 Å². The number of hydrogen-bond acceptors (Lipinski definition) is 2. The highest BCUT2D eigenvalue weighted by Crippen LogP contribution is 2.38. The number of alkyl halides is 3. The van der Waals surface area contributed by atoms with E-state index in [0.29, 0.717) is 0 Å². The van der Waals surface area contributed by atoms with Crippen LogP contribution in [0.1, 0.15) is 5.56 Å². The maximum absolute atomic E-state index is 12.8. The number of rotatable bonds is 1. The number of aromatic amines is 1. The van der Waals surface area contributed by atoms with Gasteiger partial charge >= 0.3 is 11.9 Å². The molecule has 0 saturated carbocycles. The second-order valence-electron chi connectivity index (χ2n) is 3.46. The van der Waals surface area contributed by atoms with Gasteiger partial charge in [0, 0.05) is 11.8 Å². The lowest BCUT2D eigenvalue weighted by atomic mass is 10.0. The summed E-state index contributed by atoms with van der Waals surface area (Å²) in [5, 5.41) is -0.174. The van der Waals surface area contributed by atoms with E-state index in [2.05, 4.69) is 9.97 Å². The monoisotopic (exact) mass is 274 g/mol. The molecule has 1 aromatic carbocycles. The average molecular weight is 275 g/mol. The molecule has 1 aromatic heterocycles. The Hall–Kier alpha value is -1.82. The van der Waals surface area contributed by atoms with Crippen LogP contribution in [0.3, 0.4) is 0 Å². The fourth-order valence-corrected chi connectivity index (χ4v) is 1.76. The summed E-state index contributed by atoms with van der Waals surface area (Å²) >= 11 is 5.72. The largest absolute Gasteiger partial charge is 0.417 e. The Bertz CT molecular complexity index is 637. The lowest BCUT2D eigenvalue weighted by Crippen LogP contribution is -2.11. The van der Waals surface area contributed by atoms with Gasteiger partial charge in [0.15, 0.2) is 0 Å². The number of nitrogens with one attached hydrogen (secondary N) is 1. The minimum Gasteiger partial charge on any atom is -0.296 e. The number of H-pyrrole nitrogens is 1. The van der Waals surface area contributed by atoms with Gasteiger partial charge in [-0.15, -0.1) is 0 Å². The van der Waals surface area contributed by atoms with Gasteiger partial charge in [-0.05, 0) is 11.6 Å². The molecule has 0 atom stereocenters. The zero-order valence-electron chi connectivity index (χ0n) is 8.75. The zero-order chi connectivity index (χ0) is 13.3. The smallest absolute Gasteiger partial charge is 0.296 e. The van der Waals surface area contributed by atoms with Crippen molar-refractivity contribution in [3.8, 4) is 11.1 Å². The SMILES string of the molecule is O=c1ncc(-c2ccccc2C(F)(F)F)c(Cl)[nH]1. The highest BCUT2D eigenvalue weighted by Gasteiger charge is 2.33. The van der Waals surface area contributed by atoms with Gasteiger partial charge in [-0.25, -0.2) is 9.78 Å². The van der Waals surface area contributed by atoms with E-state index < -0.39 is 17.4 Å². The molecule has 0 aliphatic carbocycles. The number of aromatic nitrogens is 2. The molecule has 0 fully saturated rings. The molecule has 1 heterocycles. The molecule has 1 N–H and O–H groups in total. The van der Waals surface area contributed by atoms with Gasteiger partial charge < -0.3 is 0 Å². The van der Waals surface area contributed by atoms with Crippen LogP contribution in [0.15, 0.2) is 35.3 Å². The third kappa shape index (κ3) is 2.38. The Kier molecular flexibility index (Phi) is 3.13.